The van der Waals surface area contributed by atoms with Gasteiger partial charge in [-0.15, -0.1) is 24.0 Å². The molecule has 0 spiro atoms. The van der Waals surface area contributed by atoms with Crippen molar-refractivity contribution in [1.29, 1.82) is 0 Å². The van der Waals surface area contributed by atoms with Gasteiger partial charge in [-0.25, -0.2) is 0 Å². The number of nitrogens with one attached hydrogen (secondary N) is 3. The van der Waals surface area contributed by atoms with Crippen molar-refractivity contribution in [3.63, 3.8) is 0 Å². The molecular formula is C18H39IN6O. The number of halogens is 1. The number of amides is 1. The van der Waals surface area contributed by atoms with Gasteiger partial charge >= 0.3 is 0 Å². The highest BCUT2D eigenvalue weighted by Gasteiger charge is 2.15. The quantitative estimate of drug-likeness (QED) is 0.209. The van der Waals surface area contributed by atoms with E-state index in [9.17, 15) is 4.79 Å². The average Bonchev–Trinajstić information content (AvgIpc) is 2.56. The van der Waals surface area contributed by atoms with Crippen LogP contribution in [0.25, 0.3) is 0 Å². The Bertz CT molecular complexity index is 416. The molecule has 1 aliphatic heterocycles. The van der Waals surface area contributed by atoms with Crippen LogP contribution in [0.15, 0.2) is 4.99 Å². The van der Waals surface area contributed by atoms with E-state index >= 15 is 0 Å². The third kappa shape index (κ3) is 11.9. The number of carbonyl (C=O) groups is 1. The second-order valence-electron chi connectivity index (χ2n) is 7.63. The highest BCUT2D eigenvalue weighted by molar-refractivity contribution is 14.0. The third-order valence-electron chi connectivity index (χ3n) is 4.26. The van der Waals surface area contributed by atoms with Crippen molar-refractivity contribution in [3.8, 4) is 0 Å². The first-order valence-electron chi connectivity index (χ1n) is 9.54. The molecule has 1 heterocycles. The number of unbranched alkanes of at least 4 members (excludes halogenated alkanes) is 1. The predicted molar refractivity (Wildman–Crippen MR) is 120 cm³/mol. The summed E-state index contributed by atoms with van der Waals surface area (Å²) in [6.07, 6.45) is 2.28. The van der Waals surface area contributed by atoms with Gasteiger partial charge in [-0.3, -0.25) is 9.79 Å². The third-order valence-corrected chi connectivity index (χ3v) is 4.26. The Hall–Kier alpha value is -0.610. The molecule has 0 atom stereocenters. The van der Waals surface area contributed by atoms with Gasteiger partial charge in [-0.05, 0) is 46.7 Å². The molecular weight excluding hydrogens is 443 g/mol. The summed E-state index contributed by atoms with van der Waals surface area (Å²) >= 11 is 0. The number of hydrogen-bond donors (Lipinski definition) is 3. The lowest BCUT2D eigenvalue weighted by Crippen LogP contribution is -2.48. The summed E-state index contributed by atoms with van der Waals surface area (Å²) in [7, 11) is 1.73. The number of guanidine groups is 1. The molecule has 1 amide bonds. The maximum absolute atomic E-state index is 11.8. The van der Waals surface area contributed by atoms with Crippen molar-refractivity contribution in [2.75, 3.05) is 59.4 Å². The maximum Gasteiger partial charge on any atom is 0.239 e. The fourth-order valence-corrected chi connectivity index (χ4v) is 2.84. The number of nitrogens with zero attached hydrogens (tertiary/aromatic N) is 3. The van der Waals surface area contributed by atoms with Crippen LogP contribution in [0.3, 0.4) is 0 Å². The Morgan fingerprint density at radius 2 is 1.65 bits per heavy atom. The van der Waals surface area contributed by atoms with E-state index in [1.54, 1.807) is 7.05 Å². The Labute approximate surface area is 176 Å². The Morgan fingerprint density at radius 1 is 1.04 bits per heavy atom. The monoisotopic (exact) mass is 482 g/mol. The molecule has 26 heavy (non-hydrogen) atoms. The highest BCUT2D eigenvalue weighted by atomic mass is 127. The summed E-state index contributed by atoms with van der Waals surface area (Å²) in [4.78, 5) is 21.0. The number of hydrogen-bond acceptors (Lipinski definition) is 4. The minimum absolute atomic E-state index is 0. The predicted octanol–water partition coefficient (Wildman–Crippen LogP) is 1.10. The Kier molecular flexibility index (Phi) is 13.2. The summed E-state index contributed by atoms with van der Waals surface area (Å²) in [5, 5.41) is 9.25. The molecule has 3 N–H and O–H groups in total. The zero-order valence-corrected chi connectivity index (χ0v) is 19.6. The number of aliphatic imine (C=N–C) groups is 1. The summed E-state index contributed by atoms with van der Waals surface area (Å²) in [5.74, 6) is 0.655. The number of carbonyl (C=O) groups excluding carboxylic acids is 1. The molecule has 0 unspecified atom stereocenters. The second kappa shape index (κ2) is 13.5. The van der Waals surface area contributed by atoms with E-state index in [-0.39, 0.29) is 42.0 Å². The van der Waals surface area contributed by atoms with E-state index in [4.69, 9.17) is 0 Å². The van der Waals surface area contributed by atoms with Gasteiger partial charge < -0.3 is 25.8 Å². The van der Waals surface area contributed by atoms with E-state index < -0.39 is 0 Å². The first-order valence-corrected chi connectivity index (χ1v) is 9.54. The molecule has 0 aromatic heterocycles. The van der Waals surface area contributed by atoms with Crippen LogP contribution in [-0.2, 0) is 4.79 Å². The average molecular weight is 482 g/mol. The van der Waals surface area contributed by atoms with E-state index in [2.05, 4.69) is 37.7 Å². The SMILES string of the molecule is CCN1CCN(CCCCNC(=NC)NCC(=O)NC(C)(C)C)CC1.I. The van der Waals surface area contributed by atoms with Crippen LogP contribution in [0, 0.1) is 0 Å². The fourth-order valence-electron chi connectivity index (χ4n) is 2.84. The first kappa shape index (κ1) is 25.4. The molecule has 0 bridgehead atoms. The van der Waals surface area contributed by atoms with E-state index in [1.807, 2.05) is 20.8 Å². The number of piperazine rings is 1. The lowest BCUT2D eigenvalue weighted by Gasteiger charge is -2.34. The van der Waals surface area contributed by atoms with Gasteiger partial charge in [0.15, 0.2) is 5.96 Å². The van der Waals surface area contributed by atoms with Crippen LogP contribution in [0.5, 0.6) is 0 Å². The smallest absolute Gasteiger partial charge is 0.239 e. The summed E-state index contributed by atoms with van der Waals surface area (Å²) in [6.45, 7) is 16.4. The molecule has 154 valence electrons. The van der Waals surface area contributed by atoms with Gasteiger partial charge in [0.25, 0.3) is 0 Å². The Morgan fingerprint density at radius 3 is 2.19 bits per heavy atom. The lowest BCUT2D eigenvalue weighted by molar-refractivity contribution is -0.121. The molecule has 0 aromatic carbocycles. The molecule has 1 saturated heterocycles. The van der Waals surface area contributed by atoms with Gasteiger partial charge in [-0.1, -0.05) is 6.92 Å². The van der Waals surface area contributed by atoms with Gasteiger partial charge in [0.2, 0.25) is 5.91 Å². The number of rotatable bonds is 8. The zero-order valence-electron chi connectivity index (χ0n) is 17.2. The summed E-state index contributed by atoms with van der Waals surface area (Å²) in [5.41, 5.74) is -0.210. The highest BCUT2D eigenvalue weighted by Crippen LogP contribution is 2.02. The van der Waals surface area contributed by atoms with Crippen LogP contribution < -0.4 is 16.0 Å². The first-order chi connectivity index (χ1) is 11.8. The molecule has 1 aliphatic rings. The fraction of sp³-hybridized carbons (Fsp3) is 0.889. The topological polar surface area (TPSA) is 72.0 Å². The van der Waals surface area contributed by atoms with Gasteiger partial charge in [0.1, 0.15) is 0 Å². The zero-order chi connectivity index (χ0) is 18.7. The molecule has 0 radical (unpaired) electrons. The minimum atomic E-state index is -0.210. The van der Waals surface area contributed by atoms with Crippen LogP contribution >= 0.6 is 24.0 Å². The van der Waals surface area contributed by atoms with Crippen LogP contribution in [-0.4, -0.2) is 86.6 Å². The van der Waals surface area contributed by atoms with E-state index in [0.29, 0.717) is 5.96 Å². The molecule has 1 rings (SSSR count). The minimum Gasteiger partial charge on any atom is -0.356 e. The molecule has 1 fully saturated rings. The van der Waals surface area contributed by atoms with Crippen molar-refractivity contribution in [3.05, 3.63) is 0 Å². The van der Waals surface area contributed by atoms with Crippen LogP contribution in [0.1, 0.15) is 40.5 Å². The van der Waals surface area contributed by atoms with Crippen LogP contribution in [0.4, 0.5) is 0 Å². The van der Waals surface area contributed by atoms with Crippen molar-refractivity contribution < 1.29 is 4.79 Å². The largest absolute Gasteiger partial charge is 0.356 e. The van der Waals surface area contributed by atoms with Crippen LogP contribution in [0.2, 0.25) is 0 Å². The standard InChI is InChI=1S/C18H38N6O.HI/c1-6-23-11-13-24(14-12-23)10-8-7-9-20-17(19-5)21-15-16(25)22-18(2,3)4;/h6-15H2,1-5H3,(H,22,25)(H2,19,20,21);1H. The molecule has 0 aromatic rings. The van der Waals surface area contributed by atoms with Gasteiger partial charge in [0.05, 0.1) is 6.54 Å². The van der Waals surface area contributed by atoms with Gasteiger partial charge in [-0.2, -0.15) is 0 Å². The molecule has 8 heteroatoms. The number of likely N-dealkylation sites (N-methyl/N-ethyl adjacent to an activating group) is 1. The molecule has 0 aliphatic carbocycles. The van der Waals surface area contributed by atoms with Crippen molar-refractivity contribution in [2.45, 2.75) is 46.1 Å². The normalized spacial score (nSPS) is 16.7. The maximum atomic E-state index is 11.8. The molecule has 0 saturated carbocycles. The van der Waals surface area contributed by atoms with Gasteiger partial charge in [0, 0.05) is 45.3 Å². The lowest BCUT2D eigenvalue weighted by atomic mass is 10.1. The van der Waals surface area contributed by atoms with E-state index in [1.165, 1.54) is 39.1 Å². The molecule has 7 nitrogen and oxygen atoms in total. The van der Waals surface area contributed by atoms with Crippen molar-refractivity contribution in [2.24, 2.45) is 4.99 Å². The second-order valence-corrected chi connectivity index (χ2v) is 7.63. The van der Waals surface area contributed by atoms with Crippen molar-refractivity contribution in [1.82, 2.24) is 25.8 Å². The summed E-state index contributed by atoms with van der Waals surface area (Å²) < 4.78 is 0. The van der Waals surface area contributed by atoms with E-state index in [0.717, 1.165) is 19.5 Å². The van der Waals surface area contributed by atoms with Crippen molar-refractivity contribution >= 4 is 35.8 Å². The Balaban J connectivity index is 0.00000625. The summed E-state index contributed by atoms with van der Waals surface area (Å²) in [6, 6.07) is 0.